The smallest absolute Gasteiger partial charge is 0.233 e. The van der Waals surface area contributed by atoms with Crippen LogP contribution in [-0.2, 0) is 14.4 Å². The third kappa shape index (κ3) is 2.35. The van der Waals surface area contributed by atoms with Gasteiger partial charge in [-0.25, -0.2) is 0 Å². The predicted molar refractivity (Wildman–Crippen MR) is 88.9 cm³/mol. The van der Waals surface area contributed by atoms with Gasteiger partial charge in [0.2, 0.25) is 17.7 Å². The molecule has 4 rings (SSSR count). The number of amides is 3. The van der Waals surface area contributed by atoms with Crippen LogP contribution in [-0.4, -0.2) is 29.2 Å². The van der Waals surface area contributed by atoms with Crippen molar-refractivity contribution in [2.24, 2.45) is 23.7 Å². The second-order valence-electron chi connectivity index (χ2n) is 6.99. The van der Waals surface area contributed by atoms with E-state index in [0.717, 1.165) is 17.7 Å². The Hall–Kier alpha value is -2.43. The van der Waals surface area contributed by atoms with Gasteiger partial charge >= 0.3 is 0 Å². The van der Waals surface area contributed by atoms with Gasteiger partial charge in [-0.15, -0.1) is 0 Å². The number of hydrogen-bond acceptors (Lipinski definition) is 3. The van der Waals surface area contributed by atoms with Crippen LogP contribution in [0.5, 0.6) is 0 Å². The first-order valence-corrected chi connectivity index (χ1v) is 8.44. The summed E-state index contributed by atoms with van der Waals surface area (Å²) in [5, 5.41) is 2.80. The number of allylic oxidation sites excluding steroid dienone is 2. The summed E-state index contributed by atoms with van der Waals surface area (Å²) in [4.78, 5) is 38.5. The molecule has 4 atom stereocenters. The van der Waals surface area contributed by atoms with Crippen molar-refractivity contribution in [1.29, 1.82) is 0 Å². The average molecular weight is 324 g/mol. The molecule has 1 N–H and O–H groups in total. The average Bonchev–Trinajstić information content (AvgIpc) is 3.23. The van der Waals surface area contributed by atoms with Gasteiger partial charge < -0.3 is 5.32 Å². The molecular formula is C19H20N2O3. The number of aryl methyl sites for hydroxylation is 1. The second-order valence-corrected chi connectivity index (χ2v) is 6.99. The van der Waals surface area contributed by atoms with Crippen LogP contribution in [0.1, 0.15) is 18.4 Å². The minimum absolute atomic E-state index is 0.0926. The monoisotopic (exact) mass is 324 g/mol. The Kier molecular flexibility index (Phi) is 3.52. The molecule has 3 amide bonds. The molecule has 1 aromatic carbocycles. The molecular weight excluding hydrogens is 304 g/mol. The van der Waals surface area contributed by atoms with Gasteiger partial charge in [0.15, 0.2) is 0 Å². The Morgan fingerprint density at radius 3 is 2.25 bits per heavy atom. The number of hydrogen-bond donors (Lipinski definition) is 1. The Bertz CT molecular complexity index is 707. The van der Waals surface area contributed by atoms with E-state index >= 15 is 0 Å². The molecule has 2 aliphatic carbocycles. The van der Waals surface area contributed by atoms with Crippen molar-refractivity contribution in [2.45, 2.75) is 19.8 Å². The lowest BCUT2D eigenvalue weighted by atomic mass is 9.85. The summed E-state index contributed by atoms with van der Waals surface area (Å²) in [6.45, 7) is 2.15. The first-order valence-electron chi connectivity index (χ1n) is 8.44. The van der Waals surface area contributed by atoms with Gasteiger partial charge in [0, 0.05) is 18.7 Å². The van der Waals surface area contributed by atoms with Crippen LogP contribution < -0.4 is 5.32 Å². The largest absolute Gasteiger partial charge is 0.326 e. The Morgan fingerprint density at radius 2 is 1.67 bits per heavy atom. The van der Waals surface area contributed by atoms with Gasteiger partial charge in [0.25, 0.3) is 0 Å². The molecule has 0 spiro atoms. The number of fused-ring (bicyclic) bond motifs is 5. The Morgan fingerprint density at radius 1 is 1.08 bits per heavy atom. The molecule has 124 valence electrons. The summed E-state index contributed by atoms with van der Waals surface area (Å²) in [7, 11) is 0. The van der Waals surface area contributed by atoms with Crippen LogP contribution in [0.15, 0.2) is 36.4 Å². The highest BCUT2D eigenvalue weighted by Gasteiger charge is 2.58. The maximum Gasteiger partial charge on any atom is 0.233 e. The summed E-state index contributed by atoms with van der Waals surface area (Å²) in [5.74, 6) is -0.321. The zero-order chi connectivity index (χ0) is 16.8. The molecule has 0 aromatic heterocycles. The number of carbonyl (C=O) groups excluding carboxylic acids is 3. The van der Waals surface area contributed by atoms with E-state index in [4.69, 9.17) is 0 Å². The molecule has 0 radical (unpaired) electrons. The van der Waals surface area contributed by atoms with Crippen LogP contribution in [0.2, 0.25) is 0 Å². The minimum atomic E-state index is -0.187. The third-order valence-electron chi connectivity index (χ3n) is 5.46. The van der Waals surface area contributed by atoms with Crippen molar-refractivity contribution in [3.05, 3.63) is 42.0 Å². The molecule has 1 saturated heterocycles. The van der Waals surface area contributed by atoms with Gasteiger partial charge in [-0.05, 0) is 37.3 Å². The topological polar surface area (TPSA) is 66.5 Å². The van der Waals surface area contributed by atoms with E-state index in [1.807, 2.05) is 31.2 Å². The van der Waals surface area contributed by atoms with Gasteiger partial charge in [0.05, 0.1) is 11.8 Å². The van der Waals surface area contributed by atoms with Crippen LogP contribution in [0.4, 0.5) is 5.69 Å². The molecule has 1 heterocycles. The van der Waals surface area contributed by atoms with Crippen LogP contribution in [0.25, 0.3) is 0 Å². The fourth-order valence-corrected chi connectivity index (χ4v) is 4.26. The van der Waals surface area contributed by atoms with Crippen molar-refractivity contribution in [3.63, 3.8) is 0 Å². The number of likely N-dealkylation sites (tertiary alicyclic amines) is 1. The molecule has 5 nitrogen and oxygen atoms in total. The lowest BCUT2D eigenvalue weighted by molar-refractivity contribution is -0.140. The summed E-state index contributed by atoms with van der Waals surface area (Å²) in [6, 6.07) is 7.53. The van der Waals surface area contributed by atoms with Gasteiger partial charge in [-0.1, -0.05) is 29.8 Å². The molecule has 2 fully saturated rings. The van der Waals surface area contributed by atoms with E-state index in [2.05, 4.69) is 17.5 Å². The van der Waals surface area contributed by atoms with E-state index in [0.29, 0.717) is 0 Å². The Balaban J connectivity index is 1.36. The third-order valence-corrected chi connectivity index (χ3v) is 5.46. The van der Waals surface area contributed by atoms with Gasteiger partial charge in [-0.3, -0.25) is 19.3 Å². The van der Waals surface area contributed by atoms with Crippen LogP contribution in [0.3, 0.4) is 0 Å². The van der Waals surface area contributed by atoms with E-state index in [9.17, 15) is 14.4 Å². The molecule has 0 unspecified atom stereocenters. The highest BCUT2D eigenvalue weighted by Crippen LogP contribution is 2.52. The second kappa shape index (κ2) is 5.58. The molecule has 3 aliphatic rings. The fourth-order valence-electron chi connectivity index (χ4n) is 4.26. The zero-order valence-electron chi connectivity index (χ0n) is 13.6. The summed E-state index contributed by atoms with van der Waals surface area (Å²) in [6.07, 6.45) is 5.21. The molecule has 2 bridgehead atoms. The minimum Gasteiger partial charge on any atom is -0.326 e. The van der Waals surface area contributed by atoms with Crippen LogP contribution in [0, 0.1) is 30.6 Å². The SMILES string of the molecule is Cc1ccc(NC(=O)CCN2C(=O)[C@@H]3[C@@H](C2=O)[C@@H]2C=C[C@@H]3C2)cc1. The maximum absolute atomic E-state index is 12.5. The van der Waals surface area contributed by atoms with Crippen LogP contribution >= 0.6 is 0 Å². The summed E-state index contributed by atoms with van der Waals surface area (Å²) in [5.41, 5.74) is 1.85. The molecule has 5 heteroatoms. The number of nitrogens with zero attached hydrogens (tertiary/aromatic N) is 1. The van der Waals surface area contributed by atoms with E-state index < -0.39 is 0 Å². The molecule has 24 heavy (non-hydrogen) atoms. The highest BCUT2D eigenvalue weighted by atomic mass is 16.2. The number of rotatable bonds is 4. The quantitative estimate of drug-likeness (QED) is 0.681. The number of nitrogens with one attached hydrogen (secondary N) is 1. The summed E-state index contributed by atoms with van der Waals surface area (Å²) < 4.78 is 0. The lowest BCUT2D eigenvalue weighted by Crippen LogP contribution is -2.35. The lowest BCUT2D eigenvalue weighted by Gasteiger charge is -2.16. The van der Waals surface area contributed by atoms with Crippen molar-refractivity contribution < 1.29 is 14.4 Å². The molecule has 1 aliphatic heterocycles. The van der Waals surface area contributed by atoms with E-state index in [1.165, 1.54) is 4.90 Å². The maximum atomic E-state index is 12.5. The summed E-state index contributed by atoms with van der Waals surface area (Å²) >= 11 is 0. The van der Waals surface area contributed by atoms with Crippen molar-refractivity contribution in [3.8, 4) is 0 Å². The first-order chi connectivity index (χ1) is 11.5. The van der Waals surface area contributed by atoms with E-state index in [-0.39, 0.29) is 54.4 Å². The van der Waals surface area contributed by atoms with E-state index in [1.54, 1.807) is 0 Å². The van der Waals surface area contributed by atoms with Gasteiger partial charge in [-0.2, -0.15) is 0 Å². The highest BCUT2D eigenvalue weighted by molar-refractivity contribution is 6.06. The van der Waals surface area contributed by atoms with Gasteiger partial charge in [0.1, 0.15) is 0 Å². The number of carbonyl (C=O) groups is 3. The normalized spacial score (nSPS) is 30.1. The standard InChI is InChI=1S/C19H20N2O3/c1-11-2-6-14(7-3-11)20-15(22)8-9-21-18(23)16-12-4-5-13(10-12)17(16)19(21)24/h2-7,12-13,16-17H,8-10H2,1H3,(H,20,22)/t12-,13-,16+,17+/m1/s1. The number of imide groups is 1. The molecule has 1 saturated carbocycles. The van der Waals surface area contributed by atoms with Crippen molar-refractivity contribution >= 4 is 23.4 Å². The number of benzene rings is 1. The van der Waals surface area contributed by atoms with Crippen molar-refractivity contribution in [1.82, 2.24) is 4.90 Å². The first kappa shape index (κ1) is 15.1. The fraction of sp³-hybridized carbons (Fsp3) is 0.421. The predicted octanol–water partition coefficient (Wildman–Crippen LogP) is 2.13. The van der Waals surface area contributed by atoms with Crippen molar-refractivity contribution in [2.75, 3.05) is 11.9 Å². The number of anilines is 1. The zero-order valence-corrected chi connectivity index (χ0v) is 13.6. The molecule has 1 aromatic rings. The Labute approximate surface area is 140 Å².